The quantitative estimate of drug-likeness (QED) is 0.334. The molecule has 0 radical (unpaired) electrons. The number of carbonyl (C=O) groups is 2. The van der Waals surface area contributed by atoms with Crippen molar-refractivity contribution in [3.63, 3.8) is 0 Å². The molecule has 0 spiro atoms. The van der Waals surface area contributed by atoms with Gasteiger partial charge in [-0.3, -0.25) is 14.8 Å². The highest BCUT2D eigenvalue weighted by molar-refractivity contribution is 5.78. The van der Waals surface area contributed by atoms with Crippen molar-refractivity contribution in [1.29, 1.82) is 0 Å². The molecule has 4 N–H and O–H groups in total. The van der Waals surface area contributed by atoms with E-state index in [0.717, 1.165) is 0 Å². The van der Waals surface area contributed by atoms with Crippen LogP contribution >= 0.6 is 0 Å². The molecule has 2 aromatic rings. The number of hydrogen-bond donors (Lipinski definition) is 3. The minimum absolute atomic E-state index is 0.0187. The molecule has 0 unspecified atom stereocenters. The zero-order valence-electron chi connectivity index (χ0n) is 18.8. The molecule has 2 aliphatic rings. The molecule has 2 aliphatic heterocycles. The van der Waals surface area contributed by atoms with Crippen LogP contribution in [0.4, 0.5) is 17.8 Å². The van der Waals surface area contributed by atoms with Crippen molar-refractivity contribution < 1.29 is 19.5 Å². The molecule has 14 heteroatoms. The van der Waals surface area contributed by atoms with E-state index in [9.17, 15) is 9.59 Å². The Bertz CT molecular complexity index is 991. The molecule has 2 saturated heterocycles. The summed E-state index contributed by atoms with van der Waals surface area (Å²) < 4.78 is 5.45. The first-order chi connectivity index (χ1) is 16.5. The van der Waals surface area contributed by atoms with Gasteiger partial charge in [0.1, 0.15) is 0 Å². The number of hydrogen-bond acceptors (Lipinski definition) is 12. The maximum atomic E-state index is 12.5. The summed E-state index contributed by atoms with van der Waals surface area (Å²) in [5.41, 5.74) is 7.83. The molecule has 182 valence electrons. The third-order valence-electron chi connectivity index (χ3n) is 5.67. The summed E-state index contributed by atoms with van der Waals surface area (Å²) in [7, 11) is 0. The van der Waals surface area contributed by atoms with E-state index in [0.29, 0.717) is 82.2 Å². The van der Waals surface area contributed by atoms with Gasteiger partial charge in [-0.2, -0.15) is 15.0 Å². The van der Waals surface area contributed by atoms with E-state index >= 15 is 0 Å². The predicted octanol–water partition coefficient (Wildman–Crippen LogP) is -0.928. The summed E-state index contributed by atoms with van der Waals surface area (Å²) in [5, 5.41) is 8.55. The van der Waals surface area contributed by atoms with E-state index in [1.54, 1.807) is 22.8 Å². The van der Waals surface area contributed by atoms with Crippen molar-refractivity contribution in [2.24, 2.45) is 0 Å². The summed E-state index contributed by atoms with van der Waals surface area (Å²) in [4.78, 5) is 51.5. The van der Waals surface area contributed by atoms with E-state index in [1.165, 1.54) is 0 Å². The number of morpholine rings is 1. The number of rotatable bonds is 7. The highest BCUT2D eigenvalue weighted by atomic mass is 16.5. The maximum Gasteiger partial charge on any atom is 0.243 e. The number of piperazine rings is 1. The van der Waals surface area contributed by atoms with Gasteiger partial charge in [-0.15, -0.1) is 0 Å². The van der Waals surface area contributed by atoms with Crippen LogP contribution in [0.2, 0.25) is 0 Å². The Labute approximate surface area is 196 Å². The fourth-order valence-electron chi connectivity index (χ4n) is 3.75. The third kappa shape index (κ3) is 5.82. The smallest absolute Gasteiger partial charge is 0.243 e. The summed E-state index contributed by atoms with van der Waals surface area (Å²) in [6, 6.07) is 0. The van der Waals surface area contributed by atoms with E-state index in [2.05, 4.69) is 24.8 Å². The zero-order chi connectivity index (χ0) is 23.9. The number of anilines is 3. The normalized spacial score (nSPS) is 16.4. The van der Waals surface area contributed by atoms with Gasteiger partial charge in [-0.05, 0) is 6.42 Å². The van der Waals surface area contributed by atoms with Gasteiger partial charge in [0.15, 0.2) is 5.82 Å². The minimum Gasteiger partial charge on any atom is -0.378 e. The molecule has 0 aromatic carbocycles. The lowest BCUT2D eigenvalue weighted by Crippen LogP contribution is -2.49. The molecule has 4 heterocycles. The Hall–Kier alpha value is -3.65. The second-order valence-electron chi connectivity index (χ2n) is 7.94. The SMILES string of the molecule is Nc1ncc(-c2nc(N3CCOCC3)nc(N3CCN(C(=O)CCCC(=O)NO)CC3)n2)cn1. The van der Waals surface area contributed by atoms with Crippen LogP contribution in [0.3, 0.4) is 0 Å². The number of hydroxylamine groups is 1. The fourth-order valence-corrected chi connectivity index (χ4v) is 3.75. The van der Waals surface area contributed by atoms with Gasteiger partial charge in [0.25, 0.3) is 0 Å². The topological polar surface area (TPSA) is 176 Å². The summed E-state index contributed by atoms with van der Waals surface area (Å²) in [6.45, 7) is 4.72. The Kier molecular flexibility index (Phi) is 7.59. The first kappa shape index (κ1) is 23.5. The van der Waals surface area contributed by atoms with Crippen LogP contribution in [0, 0.1) is 0 Å². The van der Waals surface area contributed by atoms with Crippen molar-refractivity contribution in [3.8, 4) is 11.4 Å². The molecule has 14 nitrogen and oxygen atoms in total. The Balaban J connectivity index is 1.46. The number of nitrogens with two attached hydrogens (primary N) is 1. The molecule has 2 fully saturated rings. The largest absolute Gasteiger partial charge is 0.378 e. The Morgan fingerprint density at radius 2 is 1.56 bits per heavy atom. The van der Waals surface area contributed by atoms with Crippen LogP contribution in [0.1, 0.15) is 19.3 Å². The maximum absolute atomic E-state index is 12.5. The van der Waals surface area contributed by atoms with E-state index in [1.807, 2.05) is 4.90 Å². The molecule has 0 saturated carbocycles. The average Bonchev–Trinajstić information content (AvgIpc) is 2.89. The van der Waals surface area contributed by atoms with E-state index in [-0.39, 0.29) is 24.7 Å². The Morgan fingerprint density at radius 3 is 2.18 bits per heavy atom. The molecular weight excluding hydrogens is 444 g/mol. The summed E-state index contributed by atoms with van der Waals surface area (Å²) >= 11 is 0. The van der Waals surface area contributed by atoms with Crippen LogP contribution in [-0.2, 0) is 14.3 Å². The van der Waals surface area contributed by atoms with E-state index in [4.69, 9.17) is 20.7 Å². The molecule has 4 rings (SSSR count). The molecule has 2 aromatic heterocycles. The number of nitrogens with zero attached hydrogens (tertiary/aromatic N) is 8. The monoisotopic (exact) mass is 472 g/mol. The van der Waals surface area contributed by atoms with Crippen LogP contribution in [0.25, 0.3) is 11.4 Å². The van der Waals surface area contributed by atoms with Crippen LogP contribution < -0.4 is 21.0 Å². The molecule has 0 atom stereocenters. The second kappa shape index (κ2) is 11.0. The van der Waals surface area contributed by atoms with E-state index < -0.39 is 5.91 Å². The number of nitrogens with one attached hydrogen (secondary N) is 1. The van der Waals surface area contributed by atoms with Gasteiger partial charge in [0.2, 0.25) is 29.7 Å². The third-order valence-corrected chi connectivity index (χ3v) is 5.67. The molecular formula is C20H28N10O4. The van der Waals surface area contributed by atoms with Crippen molar-refractivity contribution in [1.82, 2.24) is 35.3 Å². The Morgan fingerprint density at radius 1 is 0.941 bits per heavy atom. The van der Waals surface area contributed by atoms with Crippen molar-refractivity contribution in [3.05, 3.63) is 12.4 Å². The average molecular weight is 473 g/mol. The second-order valence-corrected chi connectivity index (χ2v) is 7.94. The van der Waals surface area contributed by atoms with Crippen molar-refractivity contribution in [2.75, 3.05) is 68.0 Å². The zero-order valence-corrected chi connectivity index (χ0v) is 18.8. The lowest BCUT2D eigenvalue weighted by molar-refractivity contribution is -0.132. The summed E-state index contributed by atoms with van der Waals surface area (Å²) in [6.07, 6.45) is 3.90. The van der Waals surface area contributed by atoms with Gasteiger partial charge in [0.05, 0.1) is 18.8 Å². The molecule has 0 aliphatic carbocycles. The number of ether oxygens (including phenoxy) is 1. The van der Waals surface area contributed by atoms with Crippen LogP contribution in [0.5, 0.6) is 0 Å². The molecule has 34 heavy (non-hydrogen) atoms. The lowest BCUT2D eigenvalue weighted by atomic mass is 10.2. The number of aromatic nitrogens is 5. The lowest BCUT2D eigenvalue weighted by Gasteiger charge is -2.35. The van der Waals surface area contributed by atoms with Gasteiger partial charge in [-0.1, -0.05) is 0 Å². The predicted molar refractivity (Wildman–Crippen MR) is 121 cm³/mol. The first-order valence-electron chi connectivity index (χ1n) is 11.2. The van der Waals surface area contributed by atoms with Crippen LogP contribution in [-0.4, -0.2) is 99.3 Å². The number of carbonyl (C=O) groups excluding carboxylic acids is 2. The molecule has 0 bridgehead atoms. The van der Waals surface area contributed by atoms with Crippen molar-refractivity contribution in [2.45, 2.75) is 19.3 Å². The van der Waals surface area contributed by atoms with Gasteiger partial charge < -0.3 is 25.2 Å². The number of nitrogen functional groups attached to an aromatic ring is 1. The van der Waals surface area contributed by atoms with Crippen LogP contribution in [0.15, 0.2) is 12.4 Å². The first-order valence-corrected chi connectivity index (χ1v) is 11.2. The van der Waals surface area contributed by atoms with Gasteiger partial charge >= 0.3 is 0 Å². The fraction of sp³-hybridized carbons (Fsp3) is 0.550. The highest BCUT2D eigenvalue weighted by Crippen LogP contribution is 2.22. The van der Waals surface area contributed by atoms with Gasteiger partial charge in [-0.25, -0.2) is 15.4 Å². The minimum atomic E-state index is -0.495. The van der Waals surface area contributed by atoms with Gasteiger partial charge in [0, 0.05) is 64.5 Å². The van der Waals surface area contributed by atoms with Crippen molar-refractivity contribution >= 4 is 29.7 Å². The highest BCUT2D eigenvalue weighted by Gasteiger charge is 2.25. The number of amides is 2. The standard InChI is InChI=1S/C20H28N10O4/c21-18-22-12-14(13-23-18)17-24-19(26-20(25-17)30-8-10-34-11-9-30)29-6-4-28(5-7-29)16(32)3-1-2-15(31)27-33/h12-13,33H,1-11H2,(H,27,31)(H2,21,22,23). The summed E-state index contributed by atoms with van der Waals surface area (Å²) in [5.74, 6) is 1.19. The molecule has 2 amide bonds.